The highest BCUT2D eigenvalue weighted by Crippen LogP contribution is 2.37. The summed E-state index contributed by atoms with van der Waals surface area (Å²) in [5.41, 5.74) is 0.468. The van der Waals surface area contributed by atoms with Gasteiger partial charge in [0.25, 0.3) is 0 Å². The largest absolute Gasteiger partial charge is 0.370 e. The number of sulfone groups is 1. The van der Waals surface area contributed by atoms with E-state index in [-0.39, 0.29) is 21.4 Å². The summed E-state index contributed by atoms with van der Waals surface area (Å²) in [6, 6.07) is 13.0. The summed E-state index contributed by atoms with van der Waals surface area (Å²) in [7, 11) is -3.65. The quantitative estimate of drug-likeness (QED) is 0.871. The average molecular weight is 289 g/mol. The van der Waals surface area contributed by atoms with Crippen molar-refractivity contribution in [3.63, 3.8) is 0 Å². The minimum atomic E-state index is -3.65. The van der Waals surface area contributed by atoms with E-state index in [0.29, 0.717) is 6.61 Å². The molecule has 0 N–H and O–H groups in total. The van der Waals surface area contributed by atoms with Crippen molar-refractivity contribution in [1.29, 1.82) is 0 Å². The molecule has 1 aliphatic heterocycles. The average Bonchev–Trinajstić information content (AvgIpc) is 2.45. The lowest BCUT2D eigenvalue weighted by Gasteiger charge is -2.39. The molecule has 2 aromatic carbocycles. The molecule has 0 spiro atoms. The standard InChI is InChI=1S/C16H16O3S/c1-16(11-12-19-16)13-7-9-15(10-8-13)20(17,18)14-5-3-2-4-6-14/h2-10H,11-12H2,1H3/i9D. The van der Waals surface area contributed by atoms with Crippen LogP contribution in [-0.4, -0.2) is 15.0 Å². The van der Waals surface area contributed by atoms with Crippen LogP contribution >= 0.6 is 0 Å². The second kappa shape index (κ2) is 4.72. The van der Waals surface area contributed by atoms with Crippen molar-refractivity contribution in [2.75, 3.05) is 6.61 Å². The van der Waals surface area contributed by atoms with Crippen molar-refractivity contribution in [3.05, 3.63) is 60.1 Å². The zero-order valence-corrected chi connectivity index (χ0v) is 12.0. The Morgan fingerprint density at radius 3 is 2.35 bits per heavy atom. The molecule has 3 nitrogen and oxygen atoms in total. The zero-order chi connectivity index (χ0) is 15.1. The first-order chi connectivity index (χ1) is 9.93. The van der Waals surface area contributed by atoms with Gasteiger partial charge in [-0.25, -0.2) is 8.42 Å². The van der Waals surface area contributed by atoms with E-state index >= 15 is 0 Å². The molecule has 0 amide bonds. The van der Waals surface area contributed by atoms with Crippen LogP contribution in [0.15, 0.2) is 64.4 Å². The third-order valence-electron chi connectivity index (χ3n) is 3.74. The van der Waals surface area contributed by atoms with Crippen LogP contribution in [0.2, 0.25) is 0 Å². The SMILES string of the molecule is [2H]c1cc(C2(C)CCO2)ccc1S(=O)(=O)c1ccccc1. The Kier molecular flexibility index (Phi) is 2.86. The smallest absolute Gasteiger partial charge is 0.206 e. The molecule has 4 heteroatoms. The van der Waals surface area contributed by atoms with Gasteiger partial charge >= 0.3 is 0 Å². The van der Waals surface area contributed by atoms with Gasteiger partial charge in [-0.05, 0) is 36.7 Å². The first-order valence-electron chi connectivity index (χ1n) is 6.99. The molecule has 2 aromatic rings. The van der Waals surface area contributed by atoms with E-state index in [2.05, 4.69) is 0 Å². The zero-order valence-electron chi connectivity index (χ0n) is 12.2. The van der Waals surface area contributed by atoms with Crippen LogP contribution in [0.5, 0.6) is 0 Å². The topological polar surface area (TPSA) is 43.4 Å². The van der Waals surface area contributed by atoms with Crippen LogP contribution in [0.4, 0.5) is 0 Å². The van der Waals surface area contributed by atoms with Crippen LogP contribution in [0, 0.1) is 0 Å². The van der Waals surface area contributed by atoms with Crippen molar-refractivity contribution in [1.82, 2.24) is 0 Å². The molecule has 1 fully saturated rings. The second-order valence-electron chi connectivity index (χ2n) is 5.09. The molecule has 1 heterocycles. The molecule has 1 aliphatic rings. The fourth-order valence-electron chi connectivity index (χ4n) is 2.27. The summed E-state index contributed by atoms with van der Waals surface area (Å²) in [4.78, 5) is 0.234. The van der Waals surface area contributed by atoms with Gasteiger partial charge in [0.15, 0.2) is 0 Å². The highest BCUT2D eigenvalue weighted by atomic mass is 32.2. The van der Waals surface area contributed by atoms with E-state index in [1.807, 2.05) is 6.92 Å². The minimum absolute atomic E-state index is 0.00748. The lowest BCUT2D eigenvalue weighted by Crippen LogP contribution is -2.37. The van der Waals surface area contributed by atoms with E-state index in [1.165, 1.54) is 6.07 Å². The third-order valence-corrected chi connectivity index (χ3v) is 5.46. The van der Waals surface area contributed by atoms with E-state index < -0.39 is 9.84 Å². The Hall–Kier alpha value is -1.65. The molecule has 0 aromatic heterocycles. The first kappa shape index (κ1) is 12.1. The Morgan fingerprint density at radius 2 is 1.80 bits per heavy atom. The minimum Gasteiger partial charge on any atom is -0.370 e. The van der Waals surface area contributed by atoms with Crippen LogP contribution in [0.1, 0.15) is 20.3 Å². The summed E-state index contributed by atoms with van der Waals surface area (Å²) in [5, 5.41) is 0. The Bertz CT molecular complexity index is 765. The molecular weight excluding hydrogens is 272 g/mol. The summed E-state index contributed by atoms with van der Waals surface area (Å²) >= 11 is 0. The Labute approximate surface area is 120 Å². The number of hydrogen-bond donors (Lipinski definition) is 0. The van der Waals surface area contributed by atoms with Gasteiger partial charge in [-0.15, -0.1) is 0 Å². The maximum absolute atomic E-state index is 12.5. The lowest BCUT2D eigenvalue weighted by atomic mass is 9.89. The maximum atomic E-state index is 12.5. The van der Waals surface area contributed by atoms with Gasteiger partial charge in [-0.2, -0.15) is 0 Å². The molecule has 0 saturated carbocycles. The molecule has 1 unspecified atom stereocenters. The van der Waals surface area contributed by atoms with E-state index in [4.69, 9.17) is 6.11 Å². The number of rotatable bonds is 3. The van der Waals surface area contributed by atoms with E-state index in [1.54, 1.807) is 42.5 Å². The van der Waals surface area contributed by atoms with Crippen molar-refractivity contribution < 1.29 is 14.5 Å². The lowest BCUT2D eigenvalue weighted by molar-refractivity contribution is -0.140. The summed E-state index contributed by atoms with van der Waals surface area (Å²) < 4.78 is 38.7. The molecule has 1 saturated heterocycles. The van der Waals surface area contributed by atoms with Gasteiger partial charge in [0.05, 0.1) is 23.4 Å². The Morgan fingerprint density at radius 1 is 1.10 bits per heavy atom. The highest BCUT2D eigenvalue weighted by molar-refractivity contribution is 7.91. The summed E-state index contributed by atoms with van der Waals surface area (Å²) in [6.45, 7) is 2.66. The van der Waals surface area contributed by atoms with Crippen LogP contribution < -0.4 is 0 Å². The van der Waals surface area contributed by atoms with Gasteiger partial charge in [0, 0.05) is 6.42 Å². The third kappa shape index (κ3) is 2.15. The van der Waals surface area contributed by atoms with Gasteiger partial charge in [0.2, 0.25) is 9.84 Å². The van der Waals surface area contributed by atoms with Gasteiger partial charge in [0.1, 0.15) is 0 Å². The van der Waals surface area contributed by atoms with Crippen molar-refractivity contribution in [2.45, 2.75) is 28.7 Å². The molecule has 20 heavy (non-hydrogen) atoms. The fraction of sp³-hybridized carbons (Fsp3) is 0.250. The molecule has 1 atom stereocenters. The van der Waals surface area contributed by atoms with E-state index in [9.17, 15) is 8.42 Å². The highest BCUT2D eigenvalue weighted by Gasteiger charge is 2.35. The predicted molar refractivity (Wildman–Crippen MR) is 76.3 cm³/mol. The number of benzene rings is 2. The first-order valence-corrected chi connectivity index (χ1v) is 7.97. The van der Waals surface area contributed by atoms with Crippen LogP contribution in [-0.2, 0) is 20.2 Å². The monoisotopic (exact) mass is 289 g/mol. The molecule has 3 rings (SSSR count). The van der Waals surface area contributed by atoms with E-state index in [0.717, 1.165) is 12.0 Å². The molecule has 104 valence electrons. The normalized spacial score (nSPS) is 22.9. The predicted octanol–water partition coefficient (Wildman–Crippen LogP) is 3.15. The van der Waals surface area contributed by atoms with Gasteiger partial charge < -0.3 is 4.74 Å². The van der Waals surface area contributed by atoms with Crippen molar-refractivity contribution in [3.8, 4) is 0 Å². The summed E-state index contributed by atoms with van der Waals surface area (Å²) in [6.07, 6.45) is 0.886. The number of hydrogen-bond acceptors (Lipinski definition) is 3. The molecular formula is C16H16O3S. The fourth-order valence-corrected chi connectivity index (χ4v) is 3.50. The molecule has 0 bridgehead atoms. The van der Waals surface area contributed by atoms with Gasteiger partial charge in [-0.3, -0.25) is 0 Å². The maximum Gasteiger partial charge on any atom is 0.206 e. The molecule has 0 aliphatic carbocycles. The van der Waals surface area contributed by atoms with Crippen LogP contribution in [0.3, 0.4) is 0 Å². The van der Waals surface area contributed by atoms with Gasteiger partial charge in [-0.1, -0.05) is 30.3 Å². The van der Waals surface area contributed by atoms with Crippen molar-refractivity contribution >= 4 is 9.84 Å². The Balaban J connectivity index is 2.04. The van der Waals surface area contributed by atoms with Crippen molar-refractivity contribution in [2.24, 2.45) is 0 Å². The van der Waals surface area contributed by atoms with Crippen LogP contribution in [0.25, 0.3) is 0 Å². The molecule has 0 radical (unpaired) electrons. The summed E-state index contributed by atoms with van der Waals surface area (Å²) in [5.74, 6) is 0. The number of ether oxygens (including phenoxy) is 1. The second-order valence-corrected chi connectivity index (χ2v) is 7.01.